The minimum Gasteiger partial charge on any atom is -0.394 e. The van der Waals surface area contributed by atoms with E-state index in [-0.39, 0.29) is 12.5 Å². The molecule has 0 aromatic rings. The lowest BCUT2D eigenvalue weighted by Gasteiger charge is -2.26. The third-order valence-corrected chi connectivity index (χ3v) is 11.8. The van der Waals surface area contributed by atoms with Crippen molar-refractivity contribution in [2.45, 2.75) is 289 Å². The van der Waals surface area contributed by atoms with E-state index in [1.54, 1.807) is 0 Å². The molecule has 0 radical (unpaired) electrons. The monoisotopic (exact) mass is 790 g/mol. The number of aliphatic hydroxyl groups excluding tert-OH is 3. The maximum Gasteiger partial charge on any atom is 0.220 e. The first-order chi connectivity index (χ1) is 27.6. The molecule has 5 heteroatoms. The third kappa shape index (κ3) is 41.0. The Labute approximate surface area is 350 Å². The van der Waals surface area contributed by atoms with Gasteiger partial charge >= 0.3 is 0 Å². The lowest BCUT2D eigenvalue weighted by molar-refractivity contribution is -0.124. The maximum atomic E-state index is 12.5. The summed E-state index contributed by atoms with van der Waals surface area (Å²) in [4.78, 5) is 12.5. The van der Waals surface area contributed by atoms with Crippen LogP contribution in [0.4, 0.5) is 0 Å². The van der Waals surface area contributed by atoms with Gasteiger partial charge in [-0.25, -0.2) is 0 Å². The normalized spacial score (nSPS) is 13.6. The van der Waals surface area contributed by atoms with Gasteiger partial charge in [-0.05, 0) is 64.2 Å². The summed E-state index contributed by atoms with van der Waals surface area (Å²) in [5.74, 6) is -0.154. The molecular formula is C51H99NO4. The zero-order valence-electron chi connectivity index (χ0n) is 37.8. The van der Waals surface area contributed by atoms with Crippen molar-refractivity contribution < 1.29 is 20.1 Å². The first-order valence-electron chi connectivity index (χ1n) is 25.1. The molecule has 1 amide bonds. The number of hydrogen-bond donors (Lipinski definition) is 4. The van der Waals surface area contributed by atoms with E-state index in [4.69, 9.17) is 0 Å². The SMILES string of the molecule is CCCCCCCCCCCCCC/C=C\CCCCCCCCCCC(=O)NC(CO)C(O)C(O)CCC/C=C/CCCCCCCCCCCCCCC. The Morgan fingerprint density at radius 3 is 1.04 bits per heavy atom. The molecule has 4 N–H and O–H groups in total. The summed E-state index contributed by atoms with van der Waals surface area (Å²) in [6, 6.07) is -0.826. The molecule has 0 bridgehead atoms. The second-order valence-electron chi connectivity index (χ2n) is 17.4. The molecule has 0 spiro atoms. The second kappa shape index (κ2) is 46.5. The van der Waals surface area contributed by atoms with Crippen LogP contribution < -0.4 is 5.32 Å². The summed E-state index contributed by atoms with van der Waals surface area (Å²) in [6.07, 6.45) is 57.4. The maximum absolute atomic E-state index is 12.5. The highest BCUT2D eigenvalue weighted by molar-refractivity contribution is 5.76. The zero-order valence-corrected chi connectivity index (χ0v) is 37.8. The van der Waals surface area contributed by atoms with Crippen molar-refractivity contribution in [3.63, 3.8) is 0 Å². The Hall–Kier alpha value is -1.17. The van der Waals surface area contributed by atoms with E-state index in [1.165, 1.54) is 205 Å². The number of rotatable bonds is 46. The number of carbonyl (C=O) groups excluding carboxylic acids is 1. The van der Waals surface area contributed by atoms with E-state index in [9.17, 15) is 20.1 Å². The van der Waals surface area contributed by atoms with Gasteiger partial charge in [-0.1, -0.05) is 224 Å². The molecule has 0 rings (SSSR count). The van der Waals surface area contributed by atoms with Crippen LogP contribution in [0.5, 0.6) is 0 Å². The van der Waals surface area contributed by atoms with Gasteiger partial charge in [-0.2, -0.15) is 0 Å². The smallest absolute Gasteiger partial charge is 0.220 e. The molecule has 0 saturated carbocycles. The van der Waals surface area contributed by atoms with Gasteiger partial charge in [0.05, 0.1) is 18.8 Å². The van der Waals surface area contributed by atoms with Crippen LogP contribution in [0.1, 0.15) is 271 Å². The number of allylic oxidation sites excluding steroid dienone is 4. The van der Waals surface area contributed by atoms with Gasteiger partial charge in [0.1, 0.15) is 6.10 Å². The number of hydrogen-bond acceptors (Lipinski definition) is 4. The van der Waals surface area contributed by atoms with Gasteiger partial charge in [0, 0.05) is 6.42 Å². The molecule has 56 heavy (non-hydrogen) atoms. The summed E-state index contributed by atoms with van der Waals surface area (Å²) < 4.78 is 0. The van der Waals surface area contributed by atoms with Gasteiger partial charge in [0.2, 0.25) is 5.91 Å². The average molecular weight is 790 g/mol. The Kier molecular flexibility index (Phi) is 45.5. The topological polar surface area (TPSA) is 89.8 Å². The quantitative estimate of drug-likeness (QED) is 0.0365. The minimum absolute atomic E-state index is 0.154. The Morgan fingerprint density at radius 2 is 0.714 bits per heavy atom. The van der Waals surface area contributed by atoms with Crippen LogP contribution in [-0.4, -0.2) is 46.1 Å². The van der Waals surface area contributed by atoms with E-state index in [0.29, 0.717) is 12.8 Å². The number of nitrogens with one attached hydrogen (secondary N) is 1. The van der Waals surface area contributed by atoms with Gasteiger partial charge in [-0.15, -0.1) is 0 Å². The fraction of sp³-hybridized carbons (Fsp3) is 0.902. The molecule has 0 aromatic heterocycles. The molecular weight excluding hydrogens is 691 g/mol. The van der Waals surface area contributed by atoms with Crippen molar-refractivity contribution in [3.8, 4) is 0 Å². The first-order valence-corrected chi connectivity index (χ1v) is 25.1. The Morgan fingerprint density at radius 1 is 0.429 bits per heavy atom. The largest absolute Gasteiger partial charge is 0.394 e. The summed E-state index contributed by atoms with van der Waals surface area (Å²) in [5.41, 5.74) is 0. The molecule has 0 heterocycles. The van der Waals surface area contributed by atoms with Crippen molar-refractivity contribution in [3.05, 3.63) is 24.3 Å². The van der Waals surface area contributed by atoms with Crippen LogP contribution in [0.3, 0.4) is 0 Å². The summed E-state index contributed by atoms with van der Waals surface area (Å²) in [7, 11) is 0. The fourth-order valence-electron chi connectivity index (χ4n) is 7.86. The average Bonchev–Trinajstić information content (AvgIpc) is 3.20. The second-order valence-corrected chi connectivity index (χ2v) is 17.4. The standard InChI is InChI=1S/C51H99NO4/c1-3-5-7-9-11-13-15-17-19-21-23-24-25-26-27-28-30-32-34-36-38-40-42-44-46-50(55)52-48(47-53)51(56)49(54)45-43-41-39-37-35-33-31-29-22-20-18-16-14-12-10-8-6-4-2/h26-27,37,39,48-49,51,53-54,56H,3-25,28-36,38,40-47H2,1-2H3,(H,52,55)/b27-26-,39-37+. The van der Waals surface area contributed by atoms with Gasteiger partial charge < -0.3 is 20.6 Å². The molecule has 332 valence electrons. The van der Waals surface area contributed by atoms with Crippen molar-refractivity contribution in [1.29, 1.82) is 0 Å². The minimum atomic E-state index is -1.16. The molecule has 0 aliphatic carbocycles. The van der Waals surface area contributed by atoms with Crippen molar-refractivity contribution in [2.24, 2.45) is 0 Å². The van der Waals surface area contributed by atoms with E-state index in [0.717, 1.165) is 38.5 Å². The summed E-state index contributed by atoms with van der Waals surface area (Å²) >= 11 is 0. The third-order valence-electron chi connectivity index (χ3n) is 11.8. The molecule has 0 aromatic carbocycles. The van der Waals surface area contributed by atoms with Crippen LogP contribution in [0.25, 0.3) is 0 Å². The highest BCUT2D eigenvalue weighted by Crippen LogP contribution is 2.16. The zero-order chi connectivity index (χ0) is 40.8. The van der Waals surface area contributed by atoms with Crippen LogP contribution in [0.15, 0.2) is 24.3 Å². The molecule has 3 unspecified atom stereocenters. The predicted molar refractivity (Wildman–Crippen MR) is 245 cm³/mol. The van der Waals surface area contributed by atoms with Crippen LogP contribution in [0.2, 0.25) is 0 Å². The Bertz CT molecular complexity index is 829. The number of carbonyl (C=O) groups is 1. The van der Waals surface area contributed by atoms with Crippen molar-refractivity contribution >= 4 is 5.91 Å². The van der Waals surface area contributed by atoms with Gasteiger partial charge in [0.25, 0.3) is 0 Å². The van der Waals surface area contributed by atoms with Crippen molar-refractivity contribution in [1.82, 2.24) is 5.32 Å². The predicted octanol–water partition coefficient (Wildman–Crippen LogP) is 14.9. The summed E-state index contributed by atoms with van der Waals surface area (Å²) in [5, 5.41) is 33.6. The van der Waals surface area contributed by atoms with E-state index in [1.807, 2.05) is 0 Å². The molecule has 0 saturated heterocycles. The van der Waals surface area contributed by atoms with Crippen molar-refractivity contribution in [2.75, 3.05) is 6.61 Å². The molecule has 0 aliphatic heterocycles. The first kappa shape index (κ1) is 54.8. The fourth-order valence-corrected chi connectivity index (χ4v) is 7.86. The molecule has 3 atom stereocenters. The number of unbranched alkanes of at least 4 members (excludes halogenated alkanes) is 34. The van der Waals surface area contributed by atoms with Crippen LogP contribution >= 0.6 is 0 Å². The molecule has 0 aliphatic rings. The highest BCUT2D eigenvalue weighted by Gasteiger charge is 2.26. The molecule has 0 fully saturated rings. The molecule has 5 nitrogen and oxygen atoms in total. The van der Waals surface area contributed by atoms with Crippen LogP contribution in [0, 0.1) is 0 Å². The number of amides is 1. The van der Waals surface area contributed by atoms with E-state index in [2.05, 4.69) is 43.5 Å². The van der Waals surface area contributed by atoms with Crippen LogP contribution in [-0.2, 0) is 4.79 Å². The lowest BCUT2D eigenvalue weighted by atomic mass is 10.0. The Balaban J connectivity index is 3.60. The van der Waals surface area contributed by atoms with E-state index < -0.39 is 18.2 Å². The highest BCUT2D eigenvalue weighted by atomic mass is 16.3. The summed E-state index contributed by atoms with van der Waals surface area (Å²) in [6.45, 7) is 4.19. The van der Waals surface area contributed by atoms with Gasteiger partial charge in [-0.3, -0.25) is 4.79 Å². The van der Waals surface area contributed by atoms with E-state index >= 15 is 0 Å². The van der Waals surface area contributed by atoms with Gasteiger partial charge in [0.15, 0.2) is 0 Å². The lowest BCUT2D eigenvalue weighted by Crippen LogP contribution is -2.50. The number of aliphatic hydroxyl groups is 3.